The number of benzene rings is 1. The summed E-state index contributed by atoms with van der Waals surface area (Å²) in [7, 11) is -3.50. The third-order valence-corrected chi connectivity index (χ3v) is 6.80. The number of aryl methyl sites for hydroxylation is 2. The Hall–Kier alpha value is -1.48. The molecule has 1 aliphatic rings. The zero-order valence-electron chi connectivity index (χ0n) is 17.4. The van der Waals surface area contributed by atoms with E-state index in [4.69, 9.17) is 4.74 Å². The van der Waals surface area contributed by atoms with E-state index in [2.05, 4.69) is 5.32 Å². The number of rotatable bonds is 9. The number of piperazine rings is 1. The fourth-order valence-corrected chi connectivity index (χ4v) is 4.86. The summed E-state index contributed by atoms with van der Waals surface area (Å²) < 4.78 is 32.8. The van der Waals surface area contributed by atoms with Crippen LogP contribution in [0, 0.1) is 13.8 Å². The first-order valence-corrected chi connectivity index (χ1v) is 11.3. The summed E-state index contributed by atoms with van der Waals surface area (Å²) in [6.45, 7) is 11.1. The minimum absolute atomic E-state index is 0.0322. The zero-order chi connectivity index (χ0) is 20.7. The maximum Gasteiger partial charge on any atom is 0.243 e. The first-order valence-electron chi connectivity index (χ1n) is 9.88. The topological polar surface area (TPSA) is 79.0 Å². The van der Waals surface area contributed by atoms with Crippen LogP contribution >= 0.6 is 0 Å². The first kappa shape index (κ1) is 22.8. The molecule has 8 heteroatoms. The molecule has 1 aromatic carbocycles. The number of ether oxygens (including phenoxy) is 1. The fourth-order valence-electron chi connectivity index (χ4n) is 3.23. The van der Waals surface area contributed by atoms with E-state index in [-0.39, 0.29) is 12.0 Å². The second-order valence-corrected chi connectivity index (χ2v) is 9.48. The molecule has 1 aromatic rings. The second kappa shape index (κ2) is 10.3. The molecule has 28 heavy (non-hydrogen) atoms. The monoisotopic (exact) mass is 411 g/mol. The summed E-state index contributed by atoms with van der Waals surface area (Å²) in [6, 6.07) is 5.40. The van der Waals surface area contributed by atoms with Crippen LogP contribution in [0.1, 0.15) is 31.4 Å². The molecule has 0 aliphatic carbocycles. The van der Waals surface area contributed by atoms with Gasteiger partial charge in [0.1, 0.15) is 0 Å². The number of nitrogens with one attached hydrogen (secondary N) is 1. The van der Waals surface area contributed by atoms with Crippen molar-refractivity contribution in [1.29, 1.82) is 0 Å². The van der Waals surface area contributed by atoms with E-state index in [0.717, 1.165) is 17.5 Å². The van der Waals surface area contributed by atoms with Crippen molar-refractivity contribution in [2.75, 3.05) is 45.9 Å². The molecular weight excluding hydrogens is 378 g/mol. The standard InChI is InChI=1S/C20H33N3O4S/c1-16(2)27-13-5-8-21-20(24)15-22-9-11-23(12-10-22)28(25,26)19-7-6-17(3)14-18(19)4/h6-7,14,16H,5,8-13,15H2,1-4H3,(H,21,24). The Balaban J connectivity index is 1.78. The van der Waals surface area contributed by atoms with Gasteiger partial charge in [-0.2, -0.15) is 4.31 Å². The molecule has 0 spiro atoms. The van der Waals surface area contributed by atoms with Gasteiger partial charge in [-0.15, -0.1) is 0 Å². The summed E-state index contributed by atoms with van der Waals surface area (Å²) in [5.41, 5.74) is 1.81. The smallest absolute Gasteiger partial charge is 0.243 e. The molecule has 7 nitrogen and oxygen atoms in total. The molecule has 1 amide bonds. The van der Waals surface area contributed by atoms with Crippen LogP contribution in [0.15, 0.2) is 23.1 Å². The van der Waals surface area contributed by atoms with Crippen LogP contribution in [-0.4, -0.2) is 75.5 Å². The van der Waals surface area contributed by atoms with Gasteiger partial charge in [-0.1, -0.05) is 17.7 Å². The summed E-state index contributed by atoms with van der Waals surface area (Å²) >= 11 is 0. The van der Waals surface area contributed by atoms with Crippen molar-refractivity contribution in [3.63, 3.8) is 0 Å². The van der Waals surface area contributed by atoms with Gasteiger partial charge in [0.25, 0.3) is 0 Å². The number of sulfonamides is 1. The molecule has 1 N–H and O–H groups in total. The van der Waals surface area contributed by atoms with Crippen LogP contribution < -0.4 is 5.32 Å². The third kappa shape index (κ3) is 6.55. The van der Waals surface area contributed by atoms with E-state index < -0.39 is 10.0 Å². The molecule has 0 atom stereocenters. The van der Waals surface area contributed by atoms with Crippen LogP contribution in [-0.2, 0) is 19.6 Å². The predicted molar refractivity (Wildman–Crippen MR) is 110 cm³/mol. The highest BCUT2D eigenvalue weighted by atomic mass is 32.2. The molecule has 0 aromatic heterocycles. The molecular formula is C20H33N3O4S. The lowest BCUT2D eigenvalue weighted by Gasteiger charge is -2.33. The Labute approximate surface area is 169 Å². The zero-order valence-corrected chi connectivity index (χ0v) is 18.2. The van der Waals surface area contributed by atoms with Gasteiger partial charge < -0.3 is 10.1 Å². The van der Waals surface area contributed by atoms with Crippen LogP contribution in [0.5, 0.6) is 0 Å². The average Bonchev–Trinajstić information content (AvgIpc) is 2.61. The lowest BCUT2D eigenvalue weighted by molar-refractivity contribution is -0.122. The van der Waals surface area contributed by atoms with Gasteiger partial charge in [-0.3, -0.25) is 9.69 Å². The fraction of sp³-hybridized carbons (Fsp3) is 0.650. The van der Waals surface area contributed by atoms with Gasteiger partial charge in [-0.25, -0.2) is 8.42 Å². The largest absolute Gasteiger partial charge is 0.379 e. The van der Waals surface area contributed by atoms with Crippen molar-refractivity contribution >= 4 is 15.9 Å². The van der Waals surface area contributed by atoms with Crippen molar-refractivity contribution < 1.29 is 17.9 Å². The van der Waals surface area contributed by atoms with Gasteiger partial charge >= 0.3 is 0 Å². The molecule has 0 radical (unpaired) electrons. The Morgan fingerprint density at radius 3 is 2.46 bits per heavy atom. The van der Waals surface area contributed by atoms with Crippen LogP contribution in [0.2, 0.25) is 0 Å². The second-order valence-electron chi connectivity index (χ2n) is 7.57. The lowest BCUT2D eigenvalue weighted by Crippen LogP contribution is -2.51. The highest BCUT2D eigenvalue weighted by molar-refractivity contribution is 7.89. The van der Waals surface area contributed by atoms with Gasteiger partial charge in [0.05, 0.1) is 17.5 Å². The lowest BCUT2D eigenvalue weighted by atomic mass is 10.2. The normalized spacial score (nSPS) is 16.5. The SMILES string of the molecule is Cc1ccc(S(=O)(=O)N2CCN(CC(=O)NCCCOC(C)C)CC2)c(C)c1. The molecule has 1 heterocycles. The highest BCUT2D eigenvalue weighted by Gasteiger charge is 2.30. The van der Waals surface area contributed by atoms with E-state index >= 15 is 0 Å². The van der Waals surface area contributed by atoms with Gasteiger partial charge in [0, 0.05) is 39.3 Å². The molecule has 158 valence electrons. The molecule has 0 saturated carbocycles. The number of nitrogens with zero attached hydrogens (tertiary/aromatic N) is 2. The highest BCUT2D eigenvalue weighted by Crippen LogP contribution is 2.22. The minimum atomic E-state index is -3.50. The van der Waals surface area contributed by atoms with Gasteiger partial charge in [0.2, 0.25) is 15.9 Å². The maximum absolute atomic E-state index is 12.9. The number of amides is 1. The minimum Gasteiger partial charge on any atom is -0.379 e. The molecule has 0 unspecified atom stereocenters. The Morgan fingerprint density at radius 2 is 1.86 bits per heavy atom. The molecule has 0 bridgehead atoms. The third-order valence-electron chi connectivity index (χ3n) is 4.74. The van der Waals surface area contributed by atoms with Crippen molar-refractivity contribution in [2.45, 2.75) is 45.1 Å². The number of hydrogen-bond donors (Lipinski definition) is 1. The van der Waals surface area contributed by atoms with Gasteiger partial charge in [0.15, 0.2) is 0 Å². The summed E-state index contributed by atoms with van der Waals surface area (Å²) in [6.07, 6.45) is 0.984. The van der Waals surface area contributed by atoms with Crippen molar-refractivity contribution in [3.05, 3.63) is 29.3 Å². The van der Waals surface area contributed by atoms with E-state index in [1.54, 1.807) is 6.07 Å². The molecule has 1 fully saturated rings. The Kier molecular flexibility index (Phi) is 8.42. The van der Waals surface area contributed by atoms with Crippen LogP contribution in [0.4, 0.5) is 0 Å². The Morgan fingerprint density at radius 1 is 1.18 bits per heavy atom. The quantitative estimate of drug-likeness (QED) is 0.624. The molecule has 1 saturated heterocycles. The van der Waals surface area contributed by atoms with Crippen molar-refractivity contribution in [1.82, 2.24) is 14.5 Å². The summed E-state index contributed by atoms with van der Waals surface area (Å²) in [4.78, 5) is 14.4. The predicted octanol–water partition coefficient (Wildman–Crippen LogP) is 1.54. The van der Waals surface area contributed by atoms with Crippen molar-refractivity contribution in [3.8, 4) is 0 Å². The van der Waals surface area contributed by atoms with Crippen LogP contribution in [0.3, 0.4) is 0 Å². The van der Waals surface area contributed by atoms with E-state index in [1.165, 1.54) is 4.31 Å². The summed E-state index contributed by atoms with van der Waals surface area (Å²) in [5.74, 6) is -0.0322. The number of hydrogen-bond acceptors (Lipinski definition) is 5. The van der Waals surface area contributed by atoms with E-state index in [9.17, 15) is 13.2 Å². The molecule has 2 rings (SSSR count). The number of carbonyl (C=O) groups excluding carboxylic acids is 1. The molecule has 1 aliphatic heterocycles. The maximum atomic E-state index is 12.9. The van der Waals surface area contributed by atoms with Gasteiger partial charge in [-0.05, 0) is 45.7 Å². The van der Waals surface area contributed by atoms with Crippen molar-refractivity contribution in [2.24, 2.45) is 0 Å². The van der Waals surface area contributed by atoms with Crippen LogP contribution in [0.25, 0.3) is 0 Å². The van der Waals surface area contributed by atoms with E-state index in [0.29, 0.717) is 50.8 Å². The number of carbonyl (C=O) groups is 1. The Bertz CT molecular complexity index is 757. The first-order chi connectivity index (χ1) is 13.2. The summed E-state index contributed by atoms with van der Waals surface area (Å²) in [5, 5.41) is 2.89. The van der Waals surface area contributed by atoms with E-state index in [1.807, 2.05) is 44.7 Å². The average molecular weight is 412 g/mol.